The van der Waals surface area contributed by atoms with Gasteiger partial charge in [-0.15, -0.1) is 10.2 Å². The van der Waals surface area contributed by atoms with E-state index in [0.29, 0.717) is 5.92 Å². The van der Waals surface area contributed by atoms with Gasteiger partial charge in [0, 0.05) is 5.92 Å². The molecule has 12 heavy (non-hydrogen) atoms. The highest BCUT2D eigenvalue weighted by molar-refractivity contribution is 4.98. The molecule has 0 unspecified atom stereocenters. The van der Waals surface area contributed by atoms with Crippen molar-refractivity contribution in [1.82, 2.24) is 10.2 Å². The molecule has 1 fully saturated rings. The molecule has 3 nitrogen and oxygen atoms in total. The molecule has 1 saturated carbocycles. The van der Waals surface area contributed by atoms with Gasteiger partial charge in [-0.1, -0.05) is 6.92 Å². The average molecular weight is 165 g/mol. The van der Waals surface area contributed by atoms with E-state index < -0.39 is 0 Å². The van der Waals surface area contributed by atoms with E-state index in [0.717, 1.165) is 5.89 Å². The van der Waals surface area contributed by atoms with E-state index in [2.05, 4.69) is 17.1 Å². The van der Waals surface area contributed by atoms with Crippen molar-refractivity contribution < 1.29 is 4.42 Å². The van der Waals surface area contributed by atoms with Crippen LogP contribution in [0.2, 0.25) is 0 Å². The molecule has 0 aliphatic heterocycles. The Morgan fingerprint density at radius 1 is 1.42 bits per heavy atom. The topological polar surface area (TPSA) is 38.9 Å². The predicted molar refractivity (Wildman–Crippen MR) is 44.4 cm³/mol. The van der Waals surface area contributed by atoms with Crippen molar-refractivity contribution in [3.8, 4) is 0 Å². The van der Waals surface area contributed by atoms with Gasteiger partial charge in [-0.05, 0) is 31.6 Å². The lowest BCUT2D eigenvalue weighted by molar-refractivity contribution is 0.378. The summed E-state index contributed by atoms with van der Waals surface area (Å²) in [7, 11) is 0. The lowest BCUT2D eigenvalue weighted by Gasteiger charge is -2.22. The second-order valence-electron chi connectivity index (χ2n) is 3.51. The van der Waals surface area contributed by atoms with Gasteiger partial charge in [-0.2, -0.15) is 0 Å². The Balaban J connectivity index is 1.99. The molecule has 1 radical (unpaired) electrons. The van der Waals surface area contributed by atoms with Crippen LogP contribution in [-0.2, 0) is 0 Å². The summed E-state index contributed by atoms with van der Waals surface area (Å²) in [6.07, 6.45) is 6.20. The number of nitrogens with zero attached hydrogens (tertiary/aromatic N) is 2. The van der Waals surface area contributed by atoms with Crippen LogP contribution in [0.15, 0.2) is 10.8 Å². The fraction of sp³-hybridized carbons (Fsp3) is 0.667. The van der Waals surface area contributed by atoms with Crippen molar-refractivity contribution >= 4 is 0 Å². The third kappa shape index (κ3) is 1.49. The van der Waals surface area contributed by atoms with Crippen LogP contribution in [-0.4, -0.2) is 10.2 Å². The fourth-order valence-corrected chi connectivity index (χ4v) is 1.72. The Morgan fingerprint density at radius 3 is 2.75 bits per heavy atom. The van der Waals surface area contributed by atoms with Gasteiger partial charge in [0.25, 0.3) is 0 Å². The van der Waals surface area contributed by atoms with E-state index in [9.17, 15) is 0 Å². The Morgan fingerprint density at radius 2 is 2.17 bits per heavy atom. The zero-order valence-corrected chi connectivity index (χ0v) is 7.29. The van der Waals surface area contributed by atoms with Crippen molar-refractivity contribution in [2.24, 2.45) is 0 Å². The Kier molecular flexibility index (Phi) is 2.11. The van der Waals surface area contributed by atoms with Gasteiger partial charge < -0.3 is 4.42 Å². The van der Waals surface area contributed by atoms with Crippen LogP contribution in [0.4, 0.5) is 0 Å². The maximum absolute atomic E-state index is 5.18. The summed E-state index contributed by atoms with van der Waals surface area (Å²) in [5.74, 6) is 2.93. The molecule has 0 amide bonds. The zero-order chi connectivity index (χ0) is 8.39. The summed E-state index contributed by atoms with van der Waals surface area (Å²) in [6.45, 7) is 2.23. The van der Waals surface area contributed by atoms with Gasteiger partial charge in [-0.3, -0.25) is 0 Å². The highest BCUT2D eigenvalue weighted by atomic mass is 16.4. The first-order valence-corrected chi connectivity index (χ1v) is 4.43. The molecule has 1 aromatic heterocycles. The minimum atomic E-state index is 0.510. The molecule has 2 rings (SSSR count). The maximum atomic E-state index is 5.18. The van der Waals surface area contributed by atoms with E-state index in [4.69, 9.17) is 4.42 Å². The molecule has 1 aliphatic rings. The molecule has 1 aliphatic carbocycles. The highest BCUT2D eigenvalue weighted by Crippen LogP contribution is 2.35. The maximum Gasteiger partial charge on any atom is 0.219 e. The largest absolute Gasteiger partial charge is 0.428 e. The quantitative estimate of drug-likeness (QED) is 0.641. The lowest BCUT2D eigenvalue weighted by Crippen LogP contribution is -2.09. The first-order chi connectivity index (χ1) is 5.86. The van der Waals surface area contributed by atoms with Crippen LogP contribution >= 0.6 is 0 Å². The van der Waals surface area contributed by atoms with E-state index in [1.54, 1.807) is 5.92 Å². The van der Waals surface area contributed by atoms with Crippen LogP contribution in [0.25, 0.3) is 0 Å². The minimum Gasteiger partial charge on any atom is -0.428 e. The van der Waals surface area contributed by atoms with Crippen LogP contribution < -0.4 is 0 Å². The molecule has 1 heterocycles. The number of hydrogen-bond acceptors (Lipinski definition) is 3. The summed E-state index contributed by atoms with van der Waals surface area (Å²) in [6, 6.07) is 0. The van der Waals surface area contributed by atoms with Gasteiger partial charge in [0.15, 0.2) is 0 Å². The predicted octanol–water partition coefficient (Wildman–Crippen LogP) is 2.32. The van der Waals surface area contributed by atoms with E-state index in [1.165, 1.54) is 32.1 Å². The first kappa shape index (κ1) is 7.77. The summed E-state index contributed by atoms with van der Waals surface area (Å²) >= 11 is 0. The lowest BCUT2D eigenvalue weighted by atomic mass is 9.83. The molecule has 0 bridgehead atoms. The van der Waals surface area contributed by atoms with Crippen molar-refractivity contribution in [1.29, 1.82) is 0 Å². The third-order valence-corrected chi connectivity index (χ3v) is 2.57. The van der Waals surface area contributed by atoms with Gasteiger partial charge >= 0.3 is 0 Å². The monoisotopic (exact) mass is 165 g/mol. The van der Waals surface area contributed by atoms with Crippen LogP contribution in [0.5, 0.6) is 0 Å². The van der Waals surface area contributed by atoms with Gasteiger partial charge in [0.1, 0.15) is 0 Å². The van der Waals surface area contributed by atoms with E-state index in [-0.39, 0.29) is 0 Å². The smallest absolute Gasteiger partial charge is 0.219 e. The molecule has 0 N–H and O–H groups in total. The number of hydrogen-bond donors (Lipinski definition) is 0. The molecule has 0 aromatic carbocycles. The first-order valence-electron chi connectivity index (χ1n) is 4.43. The SMILES string of the molecule is C[C]1CCC(c2nnco2)CC1. The standard InChI is InChI=1S/C9H13N2O/c1-7-2-4-8(5-3-7)9-11-10-6-12-9/h6,8H,2-5H2,1H3. The Hall–Kier alpha value is -0.860. The molecule has 0 atom stereocenters. The van der Waals surface area contributed by atoms with E-state index >= 15 is 0 Å². The van der Waals surface area contributed by atoms with Crippen molar-refractivity contribution in [2.75, 3.05) is 0 Å². The van der Waals surface area contributed by atoms with Crippen LogP contribution in [0.3, 0.4) is 0 Å². The molecule has 65 valence electrons. The second kappa shape index (κ2) is 3.25. The van der Waals surface area contributed by atoms with Gasteiger partial charge in [-0.25, -0.2) is 0 Å². The molecule has 0 spiro atoms. The van der Waals surface area contributed by atoms with Crippen molar-refractivity contribution in [3.05, 3.63) is 18.2 Å². The number of aromatic nitrogens is 2. The zero-order valence-electron chi connectivity index (χ0n) is 7.29. The average Bonchev–Trinajstić information content (AvgIpc) is 2.58. The molecular formula is C9H13N2O. The summed E-state index contributed by atoms with van der Waals surface area (Å²) in [4.78, 5) is 0. The minimum absolute atomic E-state index is 0.510. The van der Waals surface area contributed by atoms with Gasteiger partial charge in [0.05, 0.1) is 0 Å². The Bertz CT molecular complexity index is 225. The third-order valence-electron chi connectivity index (χ3n) is 2.57. The van der Waals surface area contributed by atoms with E-state index in [1.807, 2.05) is 0 Å². The summed E-state index contributed by atoms with van der Waals surface area (Å²) in [5, 5.41) is 7.63. The van der Waals surface area contributed by atoms with Crippen LogP contribution in [0, 0.1) is 5.92 Å². The normalized spacial score (nSPS) is 21.4. The molecule has 3 heteroatoms. The second-order valence-corrected chi connectivity index (χ2v) is 3.51. The summed E-state index contributed by atoms with van der Waals surface area (Å²) in [5.41, 5.74) is 0. The summed E-state index contributed by atoms with van der Waals surface area (Å²) < 4.78 is 5.18. The van der Waals surface area contributed by atoms with Crippen LogP contribution in [0.1, 0.15) is 44.4 Å². The molecular weight excluding hydrogens is 152 g/mol. The van der Waals surface area contributed by atoms with Crippen molar-refractivity contribution in [3.63, 3.8) is 0 Å². The fourth-order valence-electron chi connectivity index (χ4n) is 1.72. The highest BCUT2D eigenvalue weighted by Gasteiger charge is 2.23. The Labute approximate surface area is 72.2 Å². The molecule has 1 aromatic rings. The van der Waals surface area contributed by atoms with Gasteiger partial charge in [0.2, 0.25) is 12.3 Å². The number of rotatable bonds is 1. The molecule has 0 saturated heterocycles. The van der Waals surface area contributed by atoms with Crippen molar-refractivity contribution in [2.45, 2.75) is 38.5 Å².